The van der Waals surface area contributed by atoms with E-state index in [-0.39, 0.29) is 0 Å². The Morgan fingerprint density at radius 2 is 2.09 bits per heavy atom. The minimum absolute atomic E-state index is 0.776. The molecule has 1 nitrogen and oxygen atoms in total. The van der Waals surface area contributed by atoms with Crippen LogP contribution in [0.1, 0.15) is 33.6 Å². The molecule has 2 N–H and O–H groups in total. The predicted octanol–water partition coefficient (Wildman–Crippen LogP) is 2.33. The first-order chi connectivity index (χ1) is 5.16. The molecule has 1 aliphatic carbocycles. The van der Waals surface area contributed by atoms with Gasteiger partial charge in [-0.25, -0.2) is 0 Å². The Bertz CT molecular complexity index is 170. The van der Waals surface area contributed by atoms with E-state index in [2.05, 4.69) is 20.8 Å². The average Bonchev–Trinajstić information content (AvgIpc) is 2.19. The van der Waals surface area contributed by atoms with Crippen molar-refractivity contribution in [2.45, 2.75) is 33.6 Å². The minimum atomic E-state index is 0.776. The Hall–Kier alpha value is -0.300. The zero-order chi connectivity index (χ0) is 8.43. The zero-order valence-electron chi connectivity index (χ0n) is 7.85. The third kappa shape index (κ3) is 1.64. The van der Waals surface area contributed by atoms with Gasteiger partial charge < -0.3 is 5.73 Å². The summed E-state index contributed by atoms with van der Waals surface area (Å²) in [6, 6.07) is 0. The molecule has 2 unspecified atom stereocenters. The highest BCUT2D eigenvalue weighted by Crippen LogP contribution is 2.37. The van der Waals surface area contributed by atoms with Gasteiger partial charge in [0.2, 0.25) is 0 Å². The Morgan fingerprint density at radius 3 is 2.45 bits per heavy atom. The van der Waals surface area contributed by atoms with Crippen molar-refractivity contribution < 1.29 is 0 Å². The van der Waals surface area contributed by atoms with Gasteiger partial charge in [0.25, 0.3) is 0 Å². The summed E-state index contributed by atoms with van der Waals surface area (Å²) in [7, 11) is 0. The van der Waals surface area contributed by atoms with Crippen molar-refractivity contribution in [2.24, 2.45) is 17.6 Å². The molecule has 0 spiro atoms. The molecule has 0 amide bonds. The van der Waals surface area contributed by atoms with Crippen molar-refractivity contribution in [3.8, 4) is 0 Å². The predicted molar refractivity (Wildman–Crippen MR) is 49.3 cm³/mol. The van der Waals surface area contributed by atoms with Crippen LogP contribution in [0.15, 0.2) is 11.1 Å². The SMILES string of the molecule is CC1=C(C)C(C)C(CCN)C1. The Kier molecular flexibility index (Phi) is 2.72. The van der Waals surface area contributed by atoms with Crippen LogP contribution < -0.4 is 5.73 Å². The van der Waals surface area contributed by atoms with E-state index in [1.807, 2.05) is 0 Å². The van der Waals surface area contributed by atoms with Crippen LogP contribution in [0.5, 0.6) is 0 Å². The molecule has 2 atom stereocenters. The van der Waals surface area contributed by atoms with Crippen molar-refractivity contribution in [1.29, 1.82) is 0 Å². The van der Waals surface area contributed by atoms with E-state index in [0.717, 1.165) is 18.4 Å². The van der Waals surface area contributed by atoms with E-state index in [1.165, 1.54) is 12.8 Å². The standard InChI is InChI=1S/C10H19N/c1-7-6-10(4-5-11)9(3)8(7)2/h9-10H,4-6,11H2,1-3H3. The molecule has 0 aliphatic heterocycles. The van der Waals surface area contributed by atoms with Gasteiger partial charge in [-0.3, -0.25) is 0 Å². The number of nitrogens with two attached hydrogens (primary N) is 1. The van der Waals surface area contributed by atoms with E-state index in [4.69, 9.17) is 5.73 Å². The summed E-state index contributed by atoms with van der Waals surface area (Å²) in [5.41, 5.74) is 8.74. The molecule has 0 heterocycles. The van der Waals surface area contributed by atoms with Gasteiger partial charge in [-0.1, -0.05) is 18.1 Å². The fourth-order valence-corrected chi connectivity index (χ4v) is 2.04. The van der Waals surface area contributed by atoms with Crippen molar-refractivity contribution >= 4 is 0 Å². The Balaban J connectivity index is 2.55. The molecule has 1 heteroatoms. The summed E-state index contributed by atoms with van der Waals surface area (Å²) in [4.78, 5) is 0. The van der Waals surface area contributed by atoms with Crippen LogP contribution in [0.25, 0.3) is 0 Å². The van der Waals surface area contributed by atoms with Crippen LogP contribution in [-0.2, 0) is 0 Å². The third-order valence-electron chi connectivity index (χ3n) is 3.17. The first-order valence-corrected chi connectivity index (χ1v) is 4.53. The fraction of sp³-hybridized carbons (Fsp3) is 0.800. The van der Waals surface area contributed by atoms with Gasteiger partial charge in [-0.05, 0) is 45.1 Å². The second-order valence-corrected chi connectivity index (χ2v) is 3.79. The molecule has 0 bridgehead atoms. The highest BCUT2D eigenvalue weighted by atomic mass is 14.5. The van der Waals surface area contributed by atoms with Gasteiger partial charge in [0, 0.05) is 0 Å². The zero-order valence-corrected chi connectivity index (χ0v) is 7.85. The van der Waals surface area contributed by atoms with Crippen LogP contribution in [0.3, 0.4) is 0 Å². The van der Waals surface area contributed by atoms with Crippen LogP contribution in [0.4, 0.5) is 0 Å². The summed E-state index contributed by atoms with van der Waals surface area (Å²) in [5.74, 6) is 1.61. The number of hydrogen-bond acceptors (Lipinski definition) is 1. The van der Waals surface area contributed by atoms with Crippen LogP contribution in [0.2, 0.25) is 0 Å². The molecule has 0 aromatic rings. The molecule has 11 heavy (non-hydrogen) atoms. The average molecular weight is 153 g/mol. The molecular formula is C10H19N. The lowest BCUT2D eigenvalue weighted by Crippen LogP contribution is -2.12. The molecular weight excluding hydrogens is 134 g/mol. The van der Waals surface area contributed by atoms with Crippen LogP contribution in [-0.4, -0.2) is 6.54 Å². The molecule has 0 aromatic heterocycles. The fourth-order valence-electron chi connectivity index (χ4n) is 2.04. The summed E-state index contributed by atoms with van der Waals surface area (Å²) in [5, 5.41) is 0. The lowest BCUT2D eigenvalue weighted by molar-refractivity contribution is 0.413. The maximum absolute atomic E-state index is 5.54. The second-order valence-electron chi connectivity index (χ2n) is 3.79. The van der Waals surface area contributed by atoms with Crippen LogP contribution >= 0.6 is 0 Å². The normalized spacial score (nSPS) is 31.6. The number of allylic oxidation sites excluding steroid dienone is 2. The summed E-state index contributed by atoms with van der Waals surface area (Å²) in [6.45, 7) is 7.68. The topological polar surface area (TPSA) is 26.0 Å². The second kappa shape index (κ2) is 3.40. The summed E-state index contributed by atoms with van der Waals surface area (Å²) in [6.07, 6.45) is 2.47. The van der Waals surface area contributed by atoms with Gasteiger partial charge in [0.15, 0.2) is 0 Å². The lowest BCUT2D eigenvalue weighted by Gasteiger charge is -2.15. The summed E-state index contributed by atoms with van der Waals surface area (Å²) >= 11 is 0. The van der Waals surface area contributed by atoms with E-state index >= 15 is 0 Å². The molecule has 1 rings (SSSR count). The van der Waals surface area contributed by atoms with E-state index in [9.17, 15) is 0 Å². The van der Waals surface area contributed by atoms with Gasteiger partial charge in [0.1, 0.15) is 0 Å². The Labute approximate surface area is 69.7 Å². The largest absolute Gasteiger partial charge is 0.330 e. The molecule has 0 aromatic carbocycles. The van der Waals surface area contributed by atoms with Crippen molar-refractivity contribution in [1.82, 2.24) is 0 Å². The monoisotopic (exact) mass is 153 g/mol. The van der Waals surface area contributed by atoms with Crippen molar-refractivity contribution in [3.05, 3.63) is 11.1 Å². The smallest absolute Gasteiger partial charge is 0.00743 e. The molecule has 1 aliphatic rings. The van der Waals surface area contributed by atoms with Gasteiger partial charge >= 0.3 is 0 Å². The first kappa shape index (κ1) is 8.79. The lowest BCUT2D eigenvalue weighted by atomic mass is 9.91. The van der Waals surface area contributed by atoms with E-state index in [0.29, 0.717) is 0 Å². The molecule has 0 radical (unpaired) electrons. The number of hydrogen-bond donors (Lipinski definition) is 1. The van der Waals surface area contributed by atoms with Gasteiger partial charge in [-0.2, -0.15) is 0 Å². The highest BCUT2D eigenvalue weighted by Gasteiger charge is 2.25. The van der Waals surface area contributed by atoms with E-state index < -0.39 is 0 Å². The van der Waals surface area contributed by atoms with Gasteiger partial charge in [-0.15, -0.1) is 0 Å². The summed E-state index contributed by atoms with van der Waals surface area (Å²) < 4.78 is 0. The first-order valence-electron chi connectivity index (χ1n) is 4.53. The van der Waals surface area contributed by atoms with E-state index in [1.54, 1.807) is 11.1 Å². The maximum atomic E-state index is 5.54. The maximum Gasteiger partial charge on any atom is -0.00743 e. The highest BCUT2D eigenvalue weighted by molar-refractivity contribution is 5.20. The quantitative estimate of drug-likeness (QED) is 0.605. The van der Waals surface area contributed by atoms with Crippen molar-refractivity contribution in [3.63, 3.8) is 0 Å². The van der Waals surface area contributed by atoms with Crippen molar-refractivity contribution in [2.75, 3.05) is 6.54 Å². The molecule has 0 saturated heterocycles. The minimum Gasteiger partial charge on any atom is -0.330 e. The van der Waals surface area contributed by atoms with Gasteiger partial charge in [0.05, 0.1) is 0 Å². The molecule has 0 fully saturated rings. The third-order valence-corrected chi connectivity index (χ3v) is 3.17. The van der Waals surface area contributed by atoms with Crippen LogP contribution in [0, 0.1) is 11.8 Å². The Morgan fingerprint density at radius 1 is 1.45 bits per heavy atom. The number of rotatable bonds is 2. The molecule has 0 saturated carbocycles. The molecule has 64 valence electrons.